The third kappa shape index (κ3) is 4.01. The summed E-state index contributed by atoms with van der Waals surface area (Å²) in [4.78, 5) is 13.3. The van der Waals surface area contributed by atoms with Crippen LogP contribution in [0.4, 0.5) is 0 Å². The highest BCUT2D eigenvalue weighted by Gasteiger charge is 2.29. The number of carbonyl (C=O) groups excluding carboxylic acids is 1. The summed E-state index contributed by atoms with van der Waals surface area (Å²) in [6.45, 7) is 1.09. The van der Waals surface area contributed by atoms with E-state index in [0.29, 0.717) is 17.1 Å². The average molecular weight is 418 g/mol. The van der Waals surface area contributed by atoms with Crippen molar-refractivity contribution in [1.82, 2.24) is 20.4 Å². The molecule has 2 N–H and O–H groups in total. The normalized spacial score (nSPS) is 18.5. The molecule has 1 saturated heterocycles. The lowest BCUT2D eigenvalue weighted by molar-refractivity contribution is 0.0918. The summed E-state index contributed by atoms with van der Waals surface area (Å²) in [5.41, 5.74) is 3.70. The third-order valence-corrected chi connectivity index (χ3v) is 5.96. The SMILES string of the molecule is Cn1cc(-c2cccc([C@H](NC(=O)c3cccc4c3OCO4)[C@@H]3CCCCN3)c2)cn1. The molecule has 0 radical (unpaired) electrons. The molecule has 0 aliphatic carbocycles. The third-order valence-electron chi connectivity index (χ3n) is 5.96. The Morgan fingerprint density at radius 2 is 2.10 bits per heavy atom. The second-order valence-electron chi connectivity index (χ2n) is 8.08. The van der Waals surface area contributed by atoms with Crippen LogP contribution in [-0.4, -0.2) is 35.1 Å². The minimum atomic E-state index is -0.164. The number of aromatic nitrogens is 2. The fraction of sp³-hybridized carbons (Fsp3) is 0.333. The van der Waals surface area contributed by atoms with Crippen molar-refractivity contribution in [1.29, 1.82) is 0 Å². The van der Waals surface area contributed by atoms with E-state index >= 15 is 0 Å². The van der Waals surface area contributed by atoms with Gasteiger partial charge in [0.15, 0.2) is 11.5 Å². The van der Waals surface area contributed by atoms with Gasteiger partial charge in [-0.15, -0.1) is 0 Å². The molecule has 1 fully saturated rings. The fourth-order valence-electron chi connectivity index (χ4n) is 4.39. The van der Waals surface area contributed by atoms with E-state index in [1.807, 2.05) is 37.6 Å². The number of carbonyl (C=O) groups is 1. The minimum Gasteiger partial charge on any atom is -0.454 e. The van der Waals surface area contributed by atoms with Crippen LogP contribution in [0.2, 0.25) is 0 Å². The Morgan fingerprint density at radius 3 is 2.90 bits per heavy atom. The first-order chi connectivity index (χ1) is 15.2. The highest BCUT2D eigenvalue weighted by atomic mass is 16.7. The Labute approximate surface area is 181 Å². The van der Waals surface area contributed by atoms with Crippen LogP contribution >= 0.6 is 0 Å². The van der Waals surface area contributed by atoms with Crippen LogP contribution in [0.3, 0.4) is 0 Å². The van der Waals surface area contributed by atoms with Gasteiger partial charge in [-0.2, -0.15) is 5.10 Å². The summed E-state index contributed by atoms with van der Waals surface area (Å²) in [7, 11) is 1.91. The molecule has 0 bridgehead atoms. The van der Waals surface area contributed by atoms with Crippen molar-refractivity contribution in [2.24, 2.45) is 7.05 Å². The topological polar surface area (TPSA) is 77.4 Å². The van der Waals surface area contributed by atoms with Crippen LogP contribution in [0.25, 0.3) is 11.1 Å². The molecule has 5 rings (SSSR count). The summed E-state index contributed by atoms with van der Waals surface area (Å²) in [5, 5.41) is 11.2. The first-order valence-electron chi connectivity index (χ1n) is 10.7. The number of hydrogen-bond acceptors (Lipinski definition) is 5. The highest BCUT2D eigenvalue weighted by Crippen LogP contribution is 2.36. The van der Waals surface area contributed by atoms with Crippen LogP contribution in [0.1, 0.15) is 41.2 Å². The molecule has 3 heterocycles. The molecule has 31 heavy (non-hydrogen) atoms. The summed E-state index contributed by atoms with van der Waals surface area (Å²) in [6, 6.07) is 13.7. The van der Waals surface area contributed by atoms with Gasteiger partial charge in [-0.25, -0.2) is 0 Å². The van der Waals surface area contributed by atoms with Crippen molar-refractivity contribution >= 4 is 5.91 Å². The number of nitrogens with one attached hydrogen (secondary N) is 2. The largest absolute Gasteiger partial charge is 0.454 e. The van der Waals surface area contributed by atoms with Crippen LogP contribution in [0.15, 0.2) is 54.9 Å². The monoisotopic (exact) mass is 418 g/mol. The van der Waals surface area contributed by atoms with Gasteiger partial charge in [0.2, 0.25) is 6.79 Å². The Morgan fingerprint density at radius 1 is 1.19 bits per heavy atom. The fourth-order valence-corrected chi connectivity index (χ4v) is 4.39. The number of rotatable bonds is 5. The Kier molecular flexibility index (Phi) is 5.34. The molecule has 3 aromatic rings. The lowest BCUT2D eigenvalue weighted by atomic mass is 9.91. The molecule has 7 heteroatoms. The zero-order valence-electron chi connectivity index (χ0n) is 17.5. The van der Waals surface area contributed by atoms with E-state index < -0.39 is 0 Å². The van der Waals surface area contributed by atoms with E-state index in [4.69, 9.17) is 9.47 Å². The van der Waals surface area contributed by atoms with Gasteiger partial charge in [-0.05, 0) is 48.7 Å². The van der Waals surface area contributed by atoms with Crippen molar-refractivity contribution in [3.63, 3.8) is 0 Å². The second kappa shape index (κ2) is 8.43. The number of para-hydroxylation sites is 1. The number of fused-ring (bicyclic) bond motifs is 1. The summed E-state index contributed by atoms with van der Waals surface area (Å²) < 4.78 is 12.8. The Hall–Kier alpha value is -3.32. The number of hydrogen-bond donors (Lipinski definition) is 2. The molecule has 160 valence electrons. The maximum Gasteiger partial charge on any atom is 0.255 e. The molecule has 1 amide bonds. The number of benzene rings is 2. The maximum atomic E-state index is 13.3. The molecule has 2 aliphatic heterocycles. The molecule has 0 unspecified atom stereocenters. The van der Waals surface area contributed by atoms with Gasteiger partial charge >= 0.3 is 0 Å². The predicted octanol–water partition coefficient (Wildman–Crippen LogP) is 3.43. The predicted molar refractivity (Wildman–Crippen MR) is 117 cm³/mol. The first kappa shape index (κ1) is 19.6. The van der Waals surface area contributed by atoms with Crippen molar-refractivity contribution in [3.8, 4) is 22.6 Å². The molecular formula is C24H26N4O3. The Balaban J connectivity index is 1.47. The molecule has 2 atom stereocenters. The lowest BCUT2D eigenvalue weighted by Crippen LogP contribution is -2.46. The second-order valence-corrected chi connectivity index (χ2v) is 8.08. The highest BCUT2D eigenvalue weighted by molar-refractivity contribution is 5.98. The molecule has 0 saturated carbocycles. The van der Waals surface area contributed by atoms with Crippen LogP contribution in [0, 0.1) is 0 Å². The van der Waals surface area contributed by atoms with E-state index in [1.54, 1.807) is 10.7 Å². The summed E-state index contributed by atoms with van der Waals surface area (Å²) in [5.74, 6) is 0.963. The zero-order valence-corrected chi connectivity index (χ0v) is 17.5. The van der Waals surface area contributed by atoms with Crippen LogP contribution in [-0.2, 0) is 7.05 Å². The van der Waals surface area contributed by atoms with Crippen LogP contribution < -0.4 is 20.1 Å². The molecule has 7 nitrogen and oxygen atoms in total. The molecular weight excluding hydrogens is 392 g/mol. The van der Waals surface area contributed by atoms with Gasteiger partial charge in [0.05, 0.1) is 17.8 Å². The van der Waals surface area contributed by atoms with Crippen molar-refractivity contribution in [3.05, 3.63) is 66.0 Å². The number of nitrogens with zero attached hydrogens (tertiary/aromatic N) is 2. The molecule has 1 aromatic heterocycles. The molecule has 2 aliphatic rings. The minimum absolute atomic E-state index is 0.139. The van der Waals surface area contributed by atoms with Gasteiger partial charge in [0, 0.05) is 24.8 Å². The standard InChI is InChI=1S/C24H26N4O3/c1-28-14-18(13-26-28)16-6-4-7-17(12-16)22(20-9-2-3-11-25-20)27-24(29)19-8-5-10-21-23(19)31-15-30-21/h4-8,10,12-14,20,22,25H,2-3,9,11,15H2,1H3,(H,27,29)/t20-,22-/m0/s1. The first-order valence-corrected chi connectivity index (χ1v) is 10.7. The number of aryl methyl sites for hydroxylation is 1. The van der Waals surface area contributed by atoms with Crippen molar-refractivity contribution in [2.45, 2.75) is 31.3 Å². The quantitative estimate of drug-likeness (QED) is 0.664. The summed E-state index contributed by atoms with van der Waals surface area (Å²) >= 11 is 0. The molecule has 2 aromatic carbocycles. The van der Waals surface area contributed by atoms with Crippen LogP contribution in [0.5, 0.6) is 11.5 Å². The lowest BCUT2D eigenvalue weighted by Gasteiger charge is -2.32. The van der Waals surface area contributed by atoms with Gasteiger partial charge in [0.1, 0.15) is 0 Å². The van der Waals surface area contributed by atoms with E-state index in [1.165, 1.54) is 0 Å². The number of piperidine rings is 1. The van der Waals surface area contributed by atoms with Gasteiger partial charge in [0.25, 0.3) is 5.91 Å². The van der Waals surface area contributed by atoms with E-state index in [-0.39, 0.29) is 24.8 Å². The van der Waals surface area contributed by atoms with E-state index in [2.05, 4.69) is 33.9 Å². The van der Waals surface area contributed by atoms with Gasteiger partial charge < -0.3 is 20.1 Å². The maximum absolute atomic E-state index is 13.3. The van der Waals surface area contributed by atoms with Gasteiger partial charge in [-0.3, -0.25) is 9.48 Å². The van der Waals surface area contributed by atoms with E-state index in [0.717, 1.165) is 42.5 Å². The van der Waals surface area contributed by atoms with E-state index in [9.17, 15) is 4.79 Å². The number of amides is 1. The summed E-state index contributed by atoms with van der Waals surface area (Å²) in [6.07, 6.45) is 7.16. The van der Waals surface area contributed by atoms with Gasteiger partial charge in [-0.1, -0.05) is 30.7 Å². The van der Waals surface area contributed by atoms with Crippen molar-refractivity contribution in [2.75, 3.05) is 13.3 Å². The number of ether oxygens (including phenoxy) is 2. The molecule has 0 spiro atoms. The van der Waals surface area contributed by atoms with Crippen molar-refractivity contribution < 1.29 is 14.3 Å². The smallest absolute Gasteiger partial charge is 0.255 e. The zero-order chi connectivity index (χ0) is 21.2. The Bertz CT molecular complexity index is 1090. The average Bonchev–Trinajstić information content (AvgIpc) is 3.47.